The predicted octanol–water partition coefficient (Wildman–Crippen LogP) is 5.18. The van der Waals surface area contributed by atoms with Crippen molar-refractivity contribution < 1.29 is 18.4 Å². The highest BCUT2D eigenvalue weighted by molar-refractivity contribution is 6.31. The fraction of sp³-hybridized carbons (Fsp3) is 0.200. The van der Waals surface area contributed by atoms with E-state index in [4.69, 9.17) is 16.3 Å². The van der Waals surface area contributed by atoms with Gasteiger partial charge in [0.05, 0.1) is 23.8 Å². The Hall–Kier alpha value is -3.42. The minimum Gasteiger partial charge on any atom is -0.457 e. The molecule has 2 heterocycles. The zero-order valence-corrected chi connectivity index (χ0v) is 19.1. The number of nitrogens with zero attached hydrogens (tertiary/aromatic N) is 2. The van der Waals surface area contributed by atoms with Crippen LogP contribution in [0.25, 0.3) is 0 Å². The van der Waals surface area contributed by atoms with Gasteiger partial charge in [0.2, 0.25) is 0 Å². The number of rotatable bonds is 7. The maximum atomic E-state index is 13.1. The normalized spacial score (nSPS) is 21.5. The van der Waals surface area contributed by atoms with Crippen LogP contribution < -0.4 is 15.4 Å². The van der Waals surface area contributed by atoms with E-state index >= 15 is 0 Å². The lowest BCUT2D eigenvalue weighted by Gasteiger charge is -2.44. The van der Waals surface area contributed by atoms with Crippen LogP contribution in [0.15, 0.2) is 79.4 Å². The number of benzene rings is 2. The Labute approximate surface area is 197 Å². The van der Waals surface area contributed by atoms with Crippen molar-refractivity contribution >= 4 is 17.5 Å². The van der Waals surface area contributed by atoms with Gasteiger partial charge in [-0.15, -0.1) is 0 Å². The molecule has 2 atom stereocenters. The molecule has 1 aromatic heterocycles. The largest absolute Gasteiger partial charge is 0.457 e. The first kappa shape index (κ1) is 22.8. The summed E-state index contributed by atoms with van der Waals surface area (Å²) in [6.07, 6.45) is 7.67. The average molecular weight is 468 g/mol. The summed E-state index contributed by atoms with van der Waals surface area (Å²) in [6, 6.07) is 14.7. The molecular formula is C25H25ClFN4O2+. The van der Waals surface area contributed by atoms with Gasteiger partial charge in [-0.1, -0.05) is 18.5 Å². The van der Waals surface area contributed by atoms with Gasteiger partial charge in [-0.25, -0.2) is 4.39 Å². The fourth-order valence-electron chi connectivity index (χ4n) is 3.99. The Balaban J connectivity index is 1.54. The summed E-state index contributed by atoms with van der Waals surface area (Å²) in [5, 5.41) is 7.04. The van der Waals surface area contributed by atoms with Gasteiger partial charge >= 0.3 is 0 Å². The molecule has 2 unspecified atom stereocenters. The number of nitrogens with one attached hydrogen (secondary N) is 2. The number of carbonyl (C=O) groups excluding carboxylic acids is 1. The van der Waals surface area contributed by atoms with Gasteiger partial charge in [-0.3, -0.25) is 19.6 Å². The number of quaternary nitrogens is 1. The standard InChI is InChI=1S/C25H24ClFN4O2/c1-3-25(30-24(32)18-5-4-12-28-16-18)29-13-14-31(25,2)17-19-6-9-22(15-23(19)26)33-21-10-7-20(27)8-11-21/h4-16,29H,3,17H2,1-2H3/p+1. The highest BCUT2D eigenvalue weighted by atomic mass is 35.5. The quantitative estimate of drug-likeness (QED) is 0.470. The molecule has 4 rings (SSSR count). The Morgan fingerprint density at radius 3 is 2.64 bits per heavy atom. The number of halogens is 2. The number of hydrogen-bond donors (Lipinski definition) is 2. The van der Waals surface area contributed by atoms with Crippen molar-refractivity contribution in [2.24, 2.45) is 0 Å². The fourth-order valence-corrected chi connectivity index (χ4v) is 4.22. The Bertz CT molecular complexity index is 1170. The number of hydrogen-bond acceptors (Lipinski definition) is 4. The highest BCUT2D eigenvalue weighted by Gasteiger charge is 2.50. The Kier molecular flexibility index (Phi) is 6.35. The molecule has 2 aromatic carbocycles. The van der Waals surface area contributed by atoms with Gasteiger partial charge in [0.25, 0.3) is 11.7 Å². The van der Waals surface area contributed by atoms with Gasteiger partial charge in [0, 0.05) is 24.4 Å². The Morgan fingerprint density at radius 1 is 1.21 bits per heavy atom. The van der Waals surface area contributed by atoms with Crippen LogP contribution in [0.2, 0.25) is 5.02 Å². The SMILES string of the molecule is CCC1(NC(=O)c2cccnc2)NC=C[N+]1(C)Cc1ccc(Oc2ccc(F)cc2)cc1Cl. The molecule has 3 aromatic rings. The van der Waals surface area contributed by atoms with Gasteiger partial charge in [-0.2, -0.15) is 0 Å². The number of pyridine rings is 1. The van der Waals surface area contributed by atoms with Crippen LogP contribution in [0.4, 0.5) is 4.39 Å². The van der Waals surface area contributed by atoms with Crippen molar-refractivity contribution in [3.8, 4) is 11.5 Å². The first-order chi connectivity index (χ1) is 15.8. The molecule has 0 radical (unpaired) electrons. The molecular weight excluding hydrogens is 443 g/mol. The van der Waals surface area contributed by atoms with Crippen LogP contribution in [-0.2, 0) is 6.54 Å². The molecule has 0 bridgehead atoms. The summed E-state index contributed by atoms with van der Waals surface area (Å²) in [6.45, 7) is 2.54. The van der Waals surface area contributed by atoms with E-state index in [0.717, 1.165) is 5.56 Å². The van der Waals surface area contributed by atoms with E-state index in [1.165, 1.54) is 12.1 Å². The zero-order valence-electron chi connectivity index (χ0n) is 18.4. The van der Waals surface area contributed by atoms with E-state index < -0.39 is 5.79 Å². The second-order valence-electron chi connectivity index (χ2n) is 8.10. The molecule has 0 saturated carbocycles. The van der Waals surface area contributed by atoms with Crippen molar-refractivity contribution in [2.45, 2.75) is 25.7 Å². The predicted molar refractivity (Wildman–Crippen MR) is 125 cm³/mol. The number of carbonyl (C=O) groups is 1. The molecule has 2 N–H and O–H groups in total. The lowest BCUT2D eigenvalue weighted by Crippen LogP contribution is -2.70. The first-order valence-corrected chi connectivity index (χ1v) is 11.0. The van der Waals surface area contributed by atoms with E-state index in [0.29, 0.717) is 39.5 Å². The van der Waals surface area contributed by atoms with Gasteiger partial charge in [0.15, 0.2) is 0 Å². The maximum Gasteiger partial charge on any atom is 0.259 e. The van der Waals surface area contributed by atoms with Crippen LogP contribution in [0.3, 0.4) is 0 Å². The van der Waals surface area contributed by atoms with Gasteiger partial charge in [-0.05, 0) is 54.6 Å². The highest BCUT2D eigenvalue weighted by Crippen LogP contribution is 2.34. The van der Waals surface area contributed by atoms with E-state index in [2.05, 4.69) is 15.6 Å². The number of amides is 1. The molecule has 33 heavy (non-hydrogen) atoms. The van der Waals surface area contributed by atoms with E-state index in [9.17, 15) is 9.18 Å². The van der Waals surface area contributed by atoms with E-state index in [1.807, 2.05) is 38.5 Å². The van der Waals surface area contributed by atoms with Crippen molar-refractivity contribution in [1.29, 1.82) is 0 Å². The van der Waals surface area contributed by atoms with Crippen molar-refractivity contribution in [1.82, 2.24) is 15.6 Å². The van der Waals surface area contributed by atoms with Crippen LogP contribution >= 0.6 is 11.6 Å². The molecule has 0 spiro atoms. The smallest absolute Gasteiger partial charge is 0.259 e. The summed E-state index contributed by atoms with van der Waals surface area (Å²) >= 11 is 6.61. The molecule has 0 fully saturated rings. The third-order valence-corrected chi connectivity index (χ3v) is 6.28. The van der Waals surface area contributed by atoms with Crippen LogP contribution in [0.5, 0.6) is 11.5 Å². The lowest BCUT2D eigenvalue weighted by molar-refractivity contribution is -0.926. The molecule has 1 aliphatic heterocycles. The molecule has 0 aliphatic carbocycles. The number of ether oxygens (including phenoxy) is 1. The van der Waals surface area contributed by atoms with E-state index in [1.54, 1.807) is 42.7 Å². The zero-order chi connectivity index (χ0) is 23.5. The first-order valence-electron chi connectivity index (χ1n) is 10.6. The summed E-state index contributed by atoms with van der Waals surface area (Å²) in [7, 11) is 2.03. The summed E-state index contributed by atoms with van der Waals surface area (Å²) in [4.78, 5) is 17.0. The maximum absolute atomic E-state index is 13.1. The second kappa shape index (κ2) is 9.21. The molecule has 1 amide bonds. The third-order valence-electron chi connectivity index (χ3n) is 5.93. The summed E-state index contributed by atoms with van der Waals surface area (Å²) in [5.41, 5.74) is 1.39. The van der Waals surface area contributed by atoms with E-state index in [-0.39, 0.29) is 11.7 Å². The molecule has 0 saturated heterocycles. The summed E-state index contributed by atoms with van der Waals surface area (Å²) in [5.74, 6) is -0.206. The minimum absolute atomic E-state index is 0.209. The van der Waals surface area contributed by atoms with Crippen molar-refractivity contribution in [3.05, 3.63) is 101 Å². The Morgan fingerprint density at radius 2 is 1.97 bits per heavy atom. The number of aromatic nitrogens is 1. The van der Waals surface area contributed by atoms with Gasteiger partial charge in [0.1, 0.15) is 30.1 Å². The minimum atomic E-state index is -0.750. The second-order valence-corrected chi connectivity index (χ2v) is 8.51. The molecule has 170 valence electrons. The van der Waals surface area contributed by atoms with Crippen LogP contribution in [0.1, 0.15) is 29.3 Å². The van der Waals surface area contributed by atoms with Crippen LogP contribution in [-0.4, -0.2) is 28.2 Å². The topological polar surface area (TPSA) is 63.2 Å². The van der Waals surface area contributed by atoms with Gasteiger partial charge < -0.3 is 10.1 Å². The monoisotopic (exact) mass is 467 g/mol. The van der Waals surface area contributed by atoms with Crippen molar-refractivity contribution in [3.63, 3.8) is 0 Å². The molecule has 6 nitrogen and oxygen atoms in total. The lowest BCUT2D eigenvalue weighted by atomic mass is 10.1. The average Bonchev–Trinajstić information content (AvgIpc) is 3.13. The molecule has 1 aliphatic rings. The third kappa shape index (κ3) is 4.69. The van der Waals surface area contributed by atoms with Crippen LogP contribution in [0, 0.1) is 5.82 Å². The summed E-state index contributed by atoms with van der Waals surface area (Å²) < 4.78 is 19.3. The molecule has 8 heteroatoms. The van der Waals surface area contributed by atoms with Crippen molar-refractivity contribution in [2.75, 3.05) is 7.05 Å².